The van der Waals surface area contributed by atoms with E-state index >= 15 is 0 Å². The summed E-state index contributed by atoms with van der Waals surface area (Å²) in [6.07, 6.45) is 1.09. The molecule has 0 saturated carbocycles. The highest BCUT2D eigenvalue weighted by Crippen LogP contribution is 2.23. The van der Waals surface area contributed by atoms with Crippen LogP contribution in [0, 0.1) is 12.7 Å². The average molecular weight is 333 g/mol. The molecule has 0 saturated heterocycles. The molecule has 0 fully saturated rings. The van der Waals surface area contributed by atoms with E-state index in [1.807, 2.05) is 19.1 Å². The van der Waals surface area contributed by atoms with Crippen LogP contribution in [0.1, 0.15) is 12.5 Å². The van der Waals surface area contributed by atoms with Crippen LogP contribution in [0.4, 0.5) is 10.1 Å². The summed E-state index contributed by atoms with van der Waals surface area (Å²) < 4.78 is 38.8. The molecule has 0 unspecified atom stereocenters. The number of nitrogens with one attached hydrogen (secondary N) is 1. The maximum absolute atomic E-state index is 13.8. The lowest BCUT2D eigenvalue weighted by atomic mass is 10.2. The van der Waals surface area contributed by atoms with Crippen LogP contribution in [0.2, 0.25) is 0 Å². The van der Waals surface area contributed by atoms with Crippen molar-refractivity contribution >= 4 is 21.3 Å². The molecule has 0 amide bonds. The van der Waals surface area contributed by atoms with Crippen molar-refractivity contribution in [2.45, 2.75) is 18.7 Å². The minimum absolute atomic E-state index is 0.497. The molecular weight excluding hydrogens is 317 g/mol. The van der Waals surface area contributed by atoms with Crippen LogP contribution >= 0.6 is 0 Å². The van der Waals surface area contributed by atoms with E-state index in [0.717, 1.165) is 30.8 Å². The number of carbonyl (C=O) groups is 1. The number of halogens is 1. The van der Waals surface area contributed by atoms with Crippen LogP contribution in [0.5, 0.6) is 0 Å². The Morgan fingerprint density at radius 3 is 2.26 bits per heavy atom. The van der Waals surface area contributed by atoms with Crippen LogP contribution in [0.15, 0.2) is 64.5 Å². The van der Waals surface area contributed by atoms with Crippen molar-refractivity contribution in [3.05, 3.63) is 71.0 Å². The fraction of sp³-hybridized carbons (Fsp3) is 0.118. The number of aryl methyl sites for hydroxylation is 1. The van der Waals surface area contributed by atoms with Gasteiger partial charge in [0.15, 0.2) is 5.78 Å². The minimum atomic E-state index is -4.24. The van der Waals surface area contributed by atoms with Gasteiger partial charge < -0.3 is 5.32 Å². The summed E-state index contributed by atoms with van der Waals surface area (Å²) in [7, 11) is -4.24. The van der Waals surface area contributed by atoms with Gasteiger partial charge in [0.25, 0.3) is 0 Å². The van der Waals surface area contributed by atoms with E-state index in [4.69, 9.17) is 0 Å². The van der Waals surface area contributed by atoms with Gasteiger partial charge in [-0.25, -0.2) is 12.8 Å². The van der Waals surface area contributed by atoms with Crippen molar-refractivity contribution < 1.29 is 17.6 Å². The summed E-state index contributed by atoms with van der Waals surface area (Å²) in [6.45, 7) is 3.05. The first-order valence-corrected chi connectivity index (χ1v) is 8.34. The molecule has 2 aromatic carbocycles. The molecule has 23 heavy (non-hydrogen) atoms. The van der Waals surface area contributed by atoms with E-state index in [9.17, 15) is 17.6 Å². The summed E-state index contributed by atoms with van der Waals surface area (Å²) >= 11 is 0. The third kappa shape index (κ3) is 3.84. The number of carbonyl (C=O) groups excluding carboxylic acids is 1. The molecule has 4 nitrogen and oxygen atoms in total. The number of hydrogen-bond donors (Lipinski definition) is 1. The molecule has 0 aliphatic carbocycles. The zero-order valence-corrected chi connectivity index (χ0v) is 13.5. The zero-order valence-electron chi connectivity index (χ0n) is 12.7. The lowest BCUT2D eigenvalue weighted by Gasteiger charge is -2.09. The van der Waals surface area contributed by atoms with Gasteiger partial charge in [-0.1, -0.05) is 29.8 Å². The maximum Gasteiger partial charge on any atom is 0.214 e. The van der Waals surface area contributed by atoms with Gasteiger partial charge >= 0.3 is 0 Å². The molecule has 0 aliphatic heterocycles. The number of anilines is 1. The second-order valence-electron chi connectivity index (χ2n) is 5.01. The Labute approximate surface area is 134 Å². The lowest BCUT2D eigenvalue weighted by molar-refractivity contribution is -0.113. The number of Topliss-reactive ketones (excluding diaryl/α,β-unsaturated/α-hetero) is 1. The Bertz CT molecular complexity index is 856. The Morgan fingerprint density at radius 2 is 1.70 bits per heavy atom. The average Bonchev–Trinajstić information content (AvgIpc) is 2.49. The number of allylic oxidation sites excluding steroid dienone is 1. The number of ketones is 1. The molecule has 0 spiro atoms. The molecule has 1 N–H and O–H groups in total. The highest BCUT2D eigenvalue weighted by atomic mass is 32.2. The standard InChI is InChI=1S/C17H16FNO3S/c1-12-7-9-14(10-8-12)19-11-17(13(2)20)23(21,22)16-6-4-3-5-15(16)18/h3-11,19H,1-2H3/b17-11-. The van der Waals surface area contributed by atoms with E-state index < -0.39 is 31.2 Å². The SMILES string of the molecule is CC(=O)/C(=C/Nc1ccc(C)cc1)S(=O)(=O)c1ccccc1F. The maximum atomic E-state index is 13.8. The molecular formula is C17H16FNO3S. The van der Waals surface area contributed by atoms with Gasteiger partial charge in [-0.2, -0.15) is 0 Å². The molecule has 0 aromatic heterocycles. The quantitative estimate of drug-likeness (QED) is 0.851. The zero-order chi connectivity index (χ0) is 17.0. The van der Waals surface area contributed by atoms with Gasteiger partial charge in [0, 0.05) is 11.9 Å². The van der Waals surface area contributed by atoms with E-state index in [1.54, 1.807) is 12.1 Å². The van der Waals surface area contributed by atoms with Gasteiger partial charge in [-0.05, 0) is 38.1 Å². The Balaban J connectivity index is 2.42. The van der Waals surface area contributed by atoms with Crippen LogP contribution < -0.4 is 5.32 Å². The van der Waals surface area contributed by atoms with Crippen molar-refractivity contribution in [1.29, 1.82) is 0 Å². The topological polar surface area (TPSA) is 63.2 Å². The second-order valence-corrected chi connectivity index (χ2v) is 6.90. The van der Waals surface area contributed by atoms with Gasteiger partial charge in [0.05, 0.1) is 0 Å². The van der Waals surface area contributed by atoms with Crippen molar-refractivity contribution in [2.24, 2.45) is 0 Å². The molecule has 0 radical (unpaired) electrons. The van der Waals surface area contributed by atoms with Crippen LogP contribution in [0.3, 0.4) is 0 Å². The first kappa shape index (κ1) is 16.9. The van der Waals surface area contributed by atoms with Crippen LogP contribution in [0.25, 0.3) is 0 Å². The van der Waals surface area contributed by atoms with Gasteiger partial charge in [-0.3, -0.25) is 4.79 Å². The molecule has 0 heterocycles. The molecule has 0 atom stereocenters. The normalized spacial score (nSPS) is 12.0. The number of sulfone groups is 1. The van der Waals surface area contributed by atoms with Crippen molar-refractivity contribution in [3.63, 3.8) is 0 Å². The van der Waals surface area contributed by atoms with Crippen molar-refractivity contribution in [2.75, 3.05) is 5.32 Å². The first-order valence-electron chi connectivity index (χ1n) is 6.86. The number of benzene rings is 2. The third-order valence-electron chi connectivity index (χ3n) is 3.18. The Kier molecular flexibility index (Phi) is 4.95. The molecule has 6 heteroatoms. The molecule has 120 valence electrons. The number of rotatable bonds is 5. The summed E-state index contributed by atoms with van der Waals surface area (Å²) in [5.74, 6) is -1.57. The third-order valence-corrected chi connectivity index (χ3v) is 5.08. The predicted octanol–water partition coefficient (Wildman–Crippen LogP) is 3.45. The fourth-order valence-electron chi connectivity index (χ4n) is 1.95. The lowest BCUT2D eigenvalue weighted by Crippen LogP contribution is -2.14. The summed E-state index contributed by atoms with van der Waals surface area (Å²) in [4.78, 5) is 10.7. The van der Waals surface area contributed by atoms with Crippen LogP contribution in [-0.4, -0.2) is 14.2 Å². The van der Waals surface area contributed by atoms with Crippen molar-refractivity contribution in [3.8, 4) is 0 Å². The van der Waals surface area contributed by atoms with E-state index in [-0.39, 0.29) is 0 Å². The van der Waals surface area contributed by atoms with E-state index in [0.29, 0.717) is 5.69 Å². The van der Waals surface area contributed by atoms with E-state index in [2.05, 4.69) is 5.32 Å². The fourth-order valence-corrected chi connectivity index (χ4v) is 3.36. The first-order chi connectivity index (χ1) is 10.8. The molecule has 2 aromatic rings. The molecule has 0 bridgehead atoms. The molecule has 0 aliphatic rings. The molecule has 2 rings (SSSR count). The van der Waals surface area contributed by atoms with Gasteiger partial charge in [-0.15, -0.1) is 0 Å². The predicted molar refractivity (Wildman–Crippen MR) is 87.2 cm³/mol. The summed E-state index contributed by atoms with van der Waals surface area (Å²) in [6, 6.07) is 12.1. The Morgan fingerprint density at radius 1 is 1.09 bits per heavy atom. The summed E-state index contributed by atoms with van der Waals surface area (Å²) in [5, 5.41) is 2.76. The van der Waals surface area contributed by atoms with Gasteiger partial charge in [0.1, 0.15) is 15.6 Å². The smallest absolute Gasteiger partial charge is 0.214 e. The van der Waals surface area contributed by atoms with E-state index in [1.165, 1.54) is 12.1 Å². The van der Waals surface area contributed by atoms with Crippen molar-refractivity contribution in [1.82, 2.24) is 0 Å². The Hall–Kier alpha value is -2.47. The highest BCUT2D eigenvalue weighted by Gasteiger charge is 2.27. The number of hydrogen-bond acceptors (Lipinski definition) is 4. The minimum Gasteiger partial charge on any atom is -0.360 e. The van der Waals surface area contributed by atoms with Crippen LogP contribution in [-0.2, 0) is 14.6 Å². The second kappa shape index (κ2) is 6.75. The summed E-state index contributed by atoms with van der Waals surface area (Å²) in [5.41, 5.74) is 1.67. The highest BCUT2D eigenvalue weighted by molar-refractivity contribution is 7.96. The largest absolute Gasteiger partial charge is 0.360 e. The monoisotopic (exact) mass is 333 g/mol. The van der Waals surface area contributed by atoms with Gasteiger partial charge in [0.2, 0.25) is 9.84 Å².